The van der Waals surface area contributed by atoms with Crippen LogP contribution in [0.1, 0.15) is 15.9 Å². The second-order valence-corrected chi connectivity index (χ2v) is 3.32. The van der Waals surface area contributed by atoms with Crippen molar-refractivity contribution in [1.29, 1.82) is 0 Å². The molecule has 0 amide bonds. The van der Waals surface area contributed by atoms with Gasteiger partial charge < -0.3 is 0 Å². The molecule has 14 heavy (non-hydrogen) atoms. The molecule has 0 aliphatic rings. The third-order valence-electron chi connectivity index (χ3n) is 1.77. The van der Waals surface area contributed by atoms with Crippen molar-refractivity contribution < 1.29 is 9.72 Å². The fourth-order valence-electron chi connectivity index (χ4n) is 1.02. The summed E-state index contributed by atoms with van der Waals surface area (Å²) >= 11 is 10.9. The van der Waals surface area contributed by atoms with E-state index < -0.39 is 10.2 Å². The second-order valence-electron chi connectivity index (χ2n) is 2.60. The Bertz CT molecular complexity index is 378. The summed E-state index contributed by atoms with van der Waals surface area (Å²) in [6, 6.07) is 2.44. The van der Waals surface area contributed by atoms with E-state index in [0.717, 1.165) is 0 Å². The number of nitro benzene ring substituents is 1. The van der Waals surface area contributed by atoms with Crippen LogP contribution in [-0.4, -0.2) is 10.2 Å². The maximum atomic E-state index is 10.8. The number of halogens is 2. The Morgan fingerprint density at radius 2 is 2.07 bits per heavy atom. The maximum Gasteiger partial charge on any atom is 0.273 e. The van der Waals surface area contributed by atoms with E-state index in [4.69, 9.17) is 23.2 Å². The molecule has 0 aromatic heterocycles. The summed E-state index contributed by atoms with van der Waals surface area (Å²) in [6.45, 7) is 1.46. The van der Waals surface area contributed by atoms with Gasteiger partial charge in [0, 0.05) is 11.6 Å². The summed E-state index contributed by atoms with van der Waals surface area (Å²) in [5, 5.41) is 9.78. The summed E-state index contributed by atoms with van der Waals surface area (Å²) < 4.78 is 0. The average molecular weight is 234 g/mol. The molecular formula is C8H5Cl2NO3. The predicted molar refractivity (Wildman–Crippen MR) is 53.0 cm³/mol. The molecule has 0 N–H and O–H groups in total. The van der Waals surface area contributed by atoms with E-state index in [0.29, 0.717) is 0 Å². The topological polar surface area (TPSA) is 60.2 Å². The van der Waals surface area contributed by atoms with E-state index in [9.17, 15) is 14.9 Å². The molecule has 0 fully saturated rings. The standard InChI is InChI=1S/C8H5Cl2NO3/c1-4-6(11(13)14)3-2-5(7(4)9)8(10)12/h2-3H,1H3. The zero-order chi connectivity index (χ0) is 10.9. The third-order valence-corrected chi connectivity index (χ3v) is 2.46. The first-order valence-electron chi connectivity index (χ1n) is 3.58. The fraction of sp³-hybridized carbons (Fsp3) is 0.125. The van der Waals surface area contributed by atoms with Gasteiger partial charge in [-0.25, -0.2) is 0 Å². The molecule has 1 rings (SSSR count). The van der Waals surface area contributed by atoms with Gasteiger partial charge in [0.1, 0.15) is 0 Å². The largest absolute Gasteiger partial charge is 0.276 e. The van der Waals surface area contributed by atoms with Gasteiger partial charge in [0.25, 0.3) is 10.9 Å². The monoisotopic (exact) mass is 233 g/mol. The van der Waals surface area contributed by atoms with Gasteiger partial charge >= 0.3 is 0 Å². The molecule has 0 heterocycles. The van der Waals surface area contributed by atoms with Crippen molar-refractivity contribution in [3.63, 3.8) is 0 Å². The SMILES string of the molecule is Cc1c([N+](=O)[O-])ccc(C(=O)Cl)c1Cl. The Morgan fingerprint density at radius 3 is 2.50 bits per heavy atom. The lowest BCUT2D eigenvalue weighted by Gasteiger charge is -2.02. The Labute approximate surface area is 89.6 Å². The van der Waals surface area contributed by atoms with Crippen molar-refractivity contribution in [2.24, 2.45) is 0 Å². The summed E-state index contributed by atoms with van der Waals surface area (Å²) in [4.78, 5) is 20.7. The zero-order valence-corrected chi connectivity index (χ0v) is 8.59. The molecule has 0 saturated heterocycles. The van der Waals surface area contributed by atoms with E-state index in [1.165, 1.54) is 19.1 Å². The summed E-state index contributed by atoms with van der Waals surface area (Å²) in [5.41, 5.74) is 0.191. The molecule has 0 unspecified atom stereocenters. The van der Waals surface area contributed by atoms with Crippen molar-refractivity contribution in [3.8, 4) is 0 Å². The molecule has 4 nitrogen and oxygen atoms in total. The Morgan fingerprint density at radius 1 is 1.50 bits per heavy atom. The summed E-state index contributed by atoms with van der Waals surface area (Å²) in [6.07, 6.45) is 0. The first kappa shape index (κ1) is 10.9. The van der Waals surface area contributed by atoms with E-state index in [2.05, 4.69) is 0 Å². The summed E-state index contributed by atoms with van der Waals surface area (Å²) in [7, 11) is 0. The number of carbonyl (C=O) groups is 1. The van der Waals surface area contributed by atoms with E-state index in [1.807, 2.05) is 0 Å². The van der Waals surface area contributed by atoms with Gasteiger partial charge in [0.05, 0.1) is 15.5 Å². The Kier molecular flexibility index (Phi) is 3.08. The third kappa shape index (κ3) is 1.86. The first-order valence-corrected chi connectivity index (χ1v) is 4.34. The van der Waals surface area contributed by atoms with Crippen LogP contribution >= 0.6 is 23.2 Å². The maximum absolute atomic E-state index is 10.8. The van der Waals surface area contributed by atoms with Gasteiger partial charge in [-0.3, -0.25) is 14.9 Å². The zero-order valence-electron chi connectivity index (χ0n) is 7.08. The van der Waals surface area contributed by atoms with Crippen LogP contribution in [0.3, 0.4) is 0 Å². The van der Waals surface area contributed by atoms with E-state index in [1.54, 1.807) is 0 Å². The van der Waals surface area contributed by atoms with Crippen LogP contribution in [0, 0.1) is 17.0 Å². The number of nitrogens with zero attached hydrogens (tertiary/aromatic N) is 1. The molecule has 0 saturated carbocycles. The summed E-state index contributed by atoms with van der Waals surface area (Å²) in [5.74, 6) is 0. The van der Waals surface area contributed by atoms with Crippen LogP contribution in [0.2, 0.25) is 5.02 Å². The fourth-order valence-corrected chi connectivity index (χ4v) is 1.48. The van der Waals surface area contributed by atoms with Gasteiger partial charge in [-0.1, -0.05) is 11.6 Å². The molecule has 1 aromatic carbocycles. The van der Waals surface area contributed by atoms with Crippen molar-refractivity contribution in [2.45, 2.75) is 6.92 Å². The first-order chi connectivity index (χ1) is 6.45. The molecule has 6 heteroatoms. The highest BCUT2D eigenvalue weighted by Crippen LogP contribution is 2.29. The van der Waals surface area contributed by atoms with E-state index >= 15 is 0 Å². The number of benzene rings is 1. The van der Waals surface area contributed by atoms with Gasteiger partial charge in [-0.05, 0) is 24.6 Å². The van der Waals surface area contributed by atoms with Crippen LogP contribution in [-0.2, 0) is 0 Å². The van der Waals surface area contributed by atoms with Crippen molar-refractivity contribution in [2.75, 3.05) is 0 Å². The number of rotatable bonds is 2. The smallest absolute Gasteiger partial charge is 0.273 e. The highest BCUT2D eigenvalue weighted by Gasteiger charge is 2.18. The number of hydrogen-bond acceptors (Lipinski definition) is 3. The molecular weight excluding hydrogens is 229 g/mol. The predicted octanol–water partition coefficient (Wildman–Crippen LogP) is 2.94. The van der Waals surface area contributed by atoms with E-state index in [-0.39, 0.29) is 21.8 Å². The normalized spacial score (nSPS) is 9.93. The van der Waals surface area contributed by atoms with Crippen LogP contribution in [0.4, 0.5) is 5.69 Å². The van der Waals surface area contributed by atoms with Crippen molar-refractivity contribution in [1.82, 2.24) is 0 Å². The molecule has 0 spiro atoms. The van der Waals surface area contributed by atoms with Crippen molar-refractivity contribution in [3.05, 3.63) is 38.4 Å². The average Bonchev–Trinajstić information content (AvgIpc) is 2.08. The molecule has 0 aliphatic carbocycles. The van der Waals surface area contributed by atoms with Gasteiger partial charge in [-0.15, -0.1) is 0 Å². The highest BCUT2D eigenvalue weighted by atomic mass is 35.5. The molecule has 74 valence electrons. The molecule has 0 aliphatic heterocycles. The molecule has 0 radical (unpaired) electrons. The quantitative estimate of drug-likeness (QED) is 0.449. The lowest BCUT2D eigenvalue weighted by molar-refractivity contribution is -0.385. The molecule has 0 bridgehead atoms. The Balaban J connectivity index is 3.41. The number of carbonyl (C=O) groups excluding carboxylic acids is 1. The Hall–Kier alpha value is -1.13. The minimum atomic E-state index is -0.729. The van der Waals surface area contributed by atoms with Gasteiger partial charge in [0.2, 0.25) is 0 Å². The van der Waals surface area contributed by atoms with Crippen LogP contribution in [0.25, 0.3) is 0 Å². The molecule has 1 aromatic rings. The molecule has 0 atom stereocenters. The highest BCUT2D eigenvalue weighted by molar-refractivity contribution is 6.68. The lowest BCUT2D eigenvalue weighted by atomic mass is 10.1. The van der Waals surface area contributed by atoms with Gasteiger partial charge in [0.15, 0.2) is 0 Å². The minimum absolute atomic E-state index is 0.0270. The minimum Gasteiger partial charge on any atom is -0.276 e. The van der Waals surface area contributed by atoms with Crippen LogP contribution in [0.5, 0.6) is 0 Å². The van der Waals surface area contributed by atoms with Crippen molar-refractivity contribution >= 4 is 34.1 Å². The lowest BCUT2D eigenvalue weighted by Crippen LogP contribution is -1.97. The van der Waals surface area contributed by atoms with Gasteiger partial charge in [-0.2, -0.15) is 0 Å². The van der Waals surface area contributed by atoms with Crippen LogP contribution < -0.4 is 0 Å². The van der Waals surface area contributed by atoms with Crippen LogP contribution in [0.15, 0.2) is 12.1 Å². The number of nitro groups is 1. The second kappa shape index (κ2) is 3.94. The number of hydrogen-bond donors (Lipinski definition) is 0.